The van der Waals surface area contributed by atoms with Crippen LogP contribution in [0.2, 0.25) is 0 Å². The Bertz CT molecular complexity index is 1110. The molecule has 4 aromatic rings. The topological polar surface area (TPSA) is 64.4 Å². The second kappa shape index (κ2) is 8.66. The average Bonchev–Trinajstić information content (AvgIpc) is 3.11. The zero-order valence-electron chi connectivity index (χ0n) is 16.9. The van der Waals surface area contributed by atoms with Crippen LogP contribution in [0.25, 0.3) is 11.1 Å². The van der Waals surface area contributed by atoms with Gasteiger partial charge in [0.1, 0.15) is 18.1 Å². The summed E-state index contributed by atoms with van der Waals surface area (Å²) in [5, 5.41) is 6.85. The van der Waals surface area contributed by atoms with Crippen molar-refractivity contribution in [2.24, 2.45) is 0 Å². The average molecular weight is 398 g/mol. The van der Waals surface area contributed by atoms with Crippen molar-refractivity contribution < 1.29 is 14.1 Å². The van der Waals surface area contributed by atoms with E-state index >= 15 is 0 Å². The van der Waals surface area contributed by atoms with E-state index in [9.17, 15) is 4.79 Å². The van der Waals surface area contributed by atoms with Crippen LogP contribution in [0.4, 0.5) is 5.69 Å². The van der Waals surface area contributed by atoms with Gasteiger partial charge in [-0.1, -0.05) is 47.6 Å². The van der Waals surface area contributed by atoms with Crippen molar-refractivity contribution in [3.63, 3.8) is 0 Å². The predicted molar refractivity (Wildman–Crippen MR) is 117 cm³/mol. The fraction of sp³-hybridized carbons (Fsp3) is 0.120. The fourth-order valence-corrected chi connectivity index (χ4v) is 3.15. The fourth-order valence-electron chi connectivity index (χ4n) is 3.15. The monoisotopic (exact) mass is 398 g/mol. The molecule has 0 spiro atoms. The highest BCUT2D eigenvalue weighted by Crippen LogP contribution is 2.22. The van der Waals surface area contributed by atoms with Crippen molar-refractivity contribution in [3.8, 4) is 16.9 Å². The quantitative estimate of drug-likeness (QED) is 0.446. The third-order valence-electron chi connectivity index (χ3n) is 4.93. The number of benzene rings is 3. The highest BCUT2D eigenvalue weighted by molar-refractivity contribution is 6.04. The van der Waals surface area contributed by atoms with Gasteiger partial charge >= 0.3 is 0 Å². The third kappa shape index (κ3) is 4.41. The number of nitrogens with zero attached hydrogens (tertiary/aromatic N) is 1. The molecule has 1 N–H and O–H groups in total. The minimum absolute atomic E-state index is 0.167. The SMILES string of the molecule is Cc1noc(C)c1COc1ccc(C(=O)Nc2ccc(-c3ccccc3)cc2)cc1. The Morgan fingerprint density at radius 2 is 1.57 bits per heavy atom. The molecule has 0 atom stereocenters. The summed E-state index contributed by atoms with van der Waals surface area (Å²) in [5.41, 5.74) is 5.32. The van der Waals surface area contributed by atoms with Gasteiger partial charge in [0.15, 0.2) is 0 Å². The normalized spacial score (nSPS) is 10.6. The highest BCUT2D eigenvalue weighted by atomic mass is 16.5. The van der Waals surface area contributed by atoms with Crippen LogP contribution in [0.1, 0.15) is 27.4 Å². The maximum Gasteiger partial charge on any atom is 0.255 e. The molecular formula is C25H22N2O3. The Kier molecular flexibility index (Phi) is 5.61. The number of aryl methyl sites for hydroxylation is 2. The van der Waals surface area contributed by atoms with Crippen LogP contribution >= 0.6 is 0 Å². The summed E-state index contributed by atoms with van der Waals surface area (Å²) in [7, 11) is 0. The maximum absolute atomic E-state index is 12.5. The predicted octanol–water partition coefficient (Wildman–Crippen LogP) is 5.79. The summed E-state index contributed by atoms with van der Waals surface area (Å²) in [6.07, 6.45) is 0. The number of rotatable bonds is 6. The van der Waals surface area contributed by atoms with Gasteiger partial charge in [-0.05, 0) is 61.4 Å². The smallest absolute Gasteiger partial charge is 0.255 e. The highest BCUT2D eigenvalue weighted by Gasteiger charge is 2.10. The Morgan fingerprint density at radius 3 is 2.20 bits per heavy atom. The van der Waals surface area contributed by atoms with Gasteiger partial charge in [-0.2, -0.15) is 0 Å². The first-order valence-corrected chi connectivity index (χ1v) is 9.71. The minimum Gasteiger partial charge on any atom is -0.489 e. The number of amides is 1. The molecule has 0 fully saturated rings. The summed E-state index contributed by atoms with van der Waals surface area (Å²) in [6, 6.07) is 25.0. The minimum atomic E-state index is -0.167. The maximum atomic E-state index is 12.5. The number of carbonyl (C=O) groups excluding carboxylic acids is 1. The molecule has 1 aromatic heterocycles. The number of nitrogens with one attached hydrogen (secondary N) is 1. The number of ether oxygens (including phenoxy) is 1. The van der Waals surface area contributed by atoms with Crippen LogP contribution in [0.15, 0.2) is 83.4 Å². The molecule has 3 aromatic carbocycles. The van der Waals surface area contributed by atoms with Crippen molar-refractivity contribution in [3.05, 3.63) is 101 Å². The van der Waals surface area contributed by atoms with Gasteiger partial charge in [-0.25, -0.2) is 0 Å². The van der Waals surface area contributed by atoms with E-state index in [0.29, 0.717) is 17.9 Å². The largest absolute Gasteiger partial charge is 0.489 e. The van der Waals surface area contributed by atoms with E-state index in [1.165, 1.54) is 0 Å². The van der Waals surface area contributed by atoms with E-state index in [1.54, 1.807) is 24.3 Å². The van der Waals surface area contributed by atoms with Gasteiger partial charge in [-0.3, -0.25) is 4.79 Å². The number of hydrogen-bond donors (Lipinski definition) is 1. The van der Waals surface area contributed by atoms with Crippen LogP contribution in [0.5, 0.6) is 5.75 Å². The number of hydrogen-bond acceptors (Lipinski definition) is 4. The zero-order chi connectivity index (χ0) is 20.9. The zero-order valence-corrected chi connectivity index (χ0v) is 16.9. The summed E-state index contributed by atoms with van der Waals surface area (Å²) < 4.78 is 10.9. The van der Waals surface area contributed by atoms with E-state index in [1.807, 2.05) is 56.3 Å². The van der Waals surface area contributed by atoms with Crippen molar-refractivity contribution >= 4 is 11.6 Å². The van der Waals surface area contributed by atoms with E-state index < -0.39 is 0 Å². The Morgan fingerprint density at radius 1 is 0.900 bits per heavy atom. The molecule has 30 heavy (non-hydrogen) atoms. The van der Waals surface area contributed by atoms with Crippen molar-refractivity contribution in [1.82, 2.24) is 5.16 Å². The standard InChI is InChI=1S/C25H22N2O3/c1-17-24(18(2)30-27-17)16-29-23-14-10-21(11-15-23)25(28)26-22-12-8-20(9-13-22)19-6-4-3-5-7-19/h3-15H,16H2,1-2H3,(H,26,28). The van der Waals surface area contributed by atoms with Gasteiger partial charge in [0, 0.05) is 11.3 Å². The summed E-state index contributed by atoms with van der Waals surface area (Å²) in [4.78, 5) is 12.5. The molecule has 5 nitrogen and oxygen atoms in total. The number of aromatic nitrogens is 1. The molecule has 5 heteroatoms. The van der Waals surface area contributed by atoms with Crippen LogP contribution in [0.3, 0.4) is 0 Å². The molecule has 0 unspecified atom stereocenters. The van der Waals surface area contributed by atoms with E-state index in [4.69, 9.17) is 9.26 Å². The van der Waals surface area contributed by atoms with Crippen LogP contribution in [0, 0.1) is 13.8 Å². The first-order valence-electron chi connectivity index (χ1n) is 9.71. The second-order valence-corrected chi connectivity index (χ2v) is 7.01. The van der Waals surface area contributed by atoms with Crippen LogP contribution in [-0.2, 0) is 6.61 Å². The molecule has 0 aliphatic rings. The molecule has 1 heterocycles. The molecule has 150 valence electrons. The van der Waals surface area contributed by atoms with E-state index in [-0.39, 0.29) is 5.91 Å². The summed E-state index contributed by atoms with van der Waals surface area (Å²) in [5.74, 6) is 1.26. The van der Waals surface area contributed by atoms with Gasteiger partial charge in [0.05, 0.1) is 11.3 Å². The van der Waals surface area contributed by atoms with E-state index in [2.05, 4.69) is 22.6 Å². The van der Waals surface area contributed by atoms with Crippen LogP contribution in [-0.4, -0.2) is 11.1 Å². The molecule has 0 aliphatic carbocycles. The van der Waals surface area contributed by atoms with Crippen molar-refractivity contribution in [1.29, 1.82) is 0 Å². The molecule has 0 aliphatic heterocycles. The second-order valence-electron chi connectivity index (χ2n) is 7.01. The molecule has 0 saturated carbocycles. The number of anilines is 1. The lowest BCUT2D eigenvalue weighted by molar-refractivity contribution is 0.102. The molecule has 0 saturated heterocycles. The Labute approximate surface area is 175 Å². The van der Waals surface area contributed by atoms with Gasteiger partial charge in [0.25, 0.3) is 5.91 Å². The first-order chi connectivity index (χ1) is 14.6. The van der Waals surface area contributed by atoms with Gasteiger partial charge in [-0.15, -0.1) is 0 Å². The van der Waals surface area contributed by atoms with Crippen molar-refractivity contribution in [2.75, 3.05) is 5.32 Å². The number of carbonyl (C=O) groups is 1. The summed E-state index contributed by atoms with van der Waals surface area (Å²) >= 11 is 0. The lowest BCUT2D eigenvalue weighted by atomic mass is 10.1. The third-order valence-corrected chi connectivity index (χ3v) is 4.93. The molecule has 0 bridgehead atoms. The van der Waals surface area contributed by atoms with E-state index in [0.717, 1.165) is 33.8 Å². The molecule has 1 amide bonds. The summed E-state index contributed by atoms with van der Waals surface area (Å²) in [6.45, 7) is 4.12. The van der Waals surface area contributed by atoms with Crippen LogP contribution < -0.4 is 10.1 Å². The molecule has 0 radical (unpaired) electrons. The van der Waals surface area contributed by atoms with Gasteiger partial charge in [0.2, 0.25) is 0 Å². The lowest BCUT2D eigenvalue weighted by Crippen LogP contribution is -2.11. The molecule has 4 rings (SSSR count). The molecular weight excluding hydrogens is 376 g/mol. The van der Waals surface area contributed by atoms with Crippen molar-refractivity contribution in [2.45, 2.75) is 20.5 Å². The Balaban J connectivity index is 1.37. The lowest BCUT2D eigenvalue weighted by Gasteiger charge is -2.09. The first kappa shape index (κ1) is 19.5. The van der Waals surface area contributed by atoms with Gasteiger partial charge < -0.3 is 14.6 Å². The Hall–Kier alpha value is -3.86.